The molecule has 1 aliphatic heterocycles. The van der Waals surface area contributed by atoms with E-state index in [-0.39, 0.29) is 12.1 Å². The van der Waals surface area contributed by atoms with Crippen molar-refractivity contribution in [1.29, 1.82) is 0 Å². The number of hydrogen-bond acceptors (Lipinski definition) is 2. The monoisotopic (exact) mass is 258 g/mol. The molecule has 0 aliphatic carbocycles. The van der Waals surface area contributed by atoms with Crippen LogP contribution in [0, 0.1) is 0 Å². The summed E-state index contributed by atoms with van der Waals surface area (Å²) in [6.07, 6.45) is -0.0801. The van der Waals surface area contributed by atoms with Crippen molar-refractivity contribution in [2.45, 2.75) is 6.17 Å². The zero-order chi connectivity index (χ0) is 11.5. The highest BCUT2D eigenvalue weighted by Crippen LogP contribution is 2.23. The minimum Gasteiger partial charge on any atom is -0.335 e. The molecule has 3 nitrogen and oxygen atoms in total. The van der Waals surface area contributed by atoms with Crippen LogP contribution in [0.4, 0.5) is 0 Å². The van der Waals surface area contributed by atoms with Gasteiger partial charge in [-0.2, -0.15) is 0 Å². The van der Waals surface area contributed by atoms with E-state index in [0.29, 0.717) is 24.0 Å². The Labute approximate surface area is 104 Å². The zero-order valence-electron chi connectivity index (χ0n) is 8.62. The summed E-state index contributed by atoms with van der Waals surface area (Å²) in [5.41, 5.74) is 1.03. The van der Waals surface area contributed by atoms with Crippen molar-refractivity contribution in [2.75, 3.05) is 19.0 Å². The smallest absolute Gasteiger partial charge is 0.235 e. The second-order valence-corrected chi connectivity index (χ2v) is 4.50. The minimum absolute atomic E-state index is 0.0325. The average molecular weight is 259 g/mol. The summed E-state index contributed by atoms with van der Waals surface area (Å²) in [6.45, 7) is 1.09. The van der Waals surface area contributed by atoms with Crippen molar-refractivity contribution in [2.24, 2.45) is 0 Å². The fourth-order valence-electron chi connectivity index (χ4n) is 1.82. The van der Waals surface area contributed by atoms with E-state index in [2.05, 4.69) is 5.32 Å². The van der Waals surface area contributed by atoms with E-state index in [1.807, 2.05) is 29.2 Å². The van der Waals surface area contributed by atoms with Crippen LogP contribution >= 0.6 is 23.2 Å². The summed E-state index contributed by atoms with van der Waals surface area (Å²) in [7, 11) is 0. The SMILES string of the molecule is O=C1CN(CCCl)C(c2ccc(Cl)cc2)N1. The molecule has 2 rings (SSSR count). The lowest BCUT2D eigenvalue weighted by molar-refractivity contribution is -0.118. The van der Waals surface area contributed by atoms with Gasteiger partial charge in [0.1, 0.15) is 6.17 Å². The van der Waals surface area contributed by atoms with E-state index in [4.69, 9.17) is 23.2 Å². The summed E-state index contributed by atoms with van der Waals surface area (Å²) in [6, 6.07) is 7.47. The molecule has 0 aromatic heterocycles. The number of nitrogens with one attached hydrogen (secondary N) is 1. The predicted octanol–water partition coefficient (Wildman–Crippen LogP) is 2.01. The molecule has 1 amide bonds. The topological polar surface area (TPSA) is 32.3 Å². The molecule has 0 bridgehead atoms. The van der Waals surface area contributed by atoms with Gasteiger partial charge in [-0.05, 0) is 17.7 Å². The van der Waals surface area contributed by atoms with Gasteiger partial charge in [0.05, 0.1) is 6.54 Å². The lowest BCUT2D eigenvalue weighted by Gasteiger charge is -2.22. The third-order valence-electron chi connectivity index (χ3n) is 2.57. The van der Waals surface area contributed by atoms with E-state index < -0.39 is 0 Å². The lowest BCUT2D eigenvalue weighted by Crippen LogP contribution is -2.29. The van der Waals surface area contributed by atoms with E-state index >= 15 is 0 Å². The molecular weight excluding hydrogens is 247 g/mol. The largest absolute Gasteiger partial charge is 0.335 e. The van der Waals surface area contributed by atoms with Gasteiger partial charge in [0.15, 0.2) is 0 Å². The molecule has 0 spiro atoms. The number of benzene rings is 1. The summed E-state index contributed by atoms with van der Waals surface area (Å²) in [5.74, 6) is 0.545. The van der Waals surface area contributed by atoms with Crippen molar-refractivity contribution in [3.05, 3.63) is 34.9 Å². The molecule has 0 radical (unpaired) electrons. The maximum atomic E-state index is 11.4. The van der Waals surface area contributed by atoms with Crippen LogP contribution in [0.1, 0.15) is 11.7 Å². The van der Waals surface area contributed by atoms with E-state index in [1.54, 1.807) is 0 Å². The van der Waals surface area contributed by atoms with Gasteiger partial charge in [-0.3, -0.25) is 9.69 Å². The first-order valence-corrected chi connectivity index (χ1v) is 5.97. The Hall–Kier alpha value is -0.770. The molecule has 1 saturated heterocycles. The normalized spacial score (nSPS) is 21.1. The molecule has 86 valence electrons. The number of hydrogen-bond donors (Lipinski definition) is 1. The molecule has 1 fully saturated rings. The molecule has 1 heterocycles. The van der Waals surface area contributed by atoms with Gasteiger partial charge in [0, 0.05) is 17.4 Å². The number of rotatable bonds is 3. The molecular formula is C11H12Cl2N2O. The number of amides is 1. The number of carbonyl (C=O) groups is 1. The maximum Gasteiger partial charge on any atom is 0.235 e. The van der Waals surface area contributed by atoms with Crippen molar-refractivity contribution >= 4 is 29.1 Å². The number of alkyl halides is 1. The third-order valence-corrected chi connectivity index (χ3v) is 2.99. The van der Waals surface area contributed by atoms with Crippen molar-refractivity contribution in [3.63, 3.8) is 0 Å². The van der Waals surface area contributed by atoms with E-state index in [9.17, 15) is 4.79 Å². The summed E-state index contributed by atoms with van der Waals surface area (Å²) in [5, 5.41) is 3.60. The molecule has 1 aromatic carbocycles. The molecule has 1 aliphatic rings. The minimum atomic E-state index is -0.0801. The van der Waals surface area contributed by atoms with E-state index in [0.717, 1.165) is 5.56 Å². The third kappa shape index (κ3) is 2.48. The van der Waals surface area contributed by atoms with Crippen LogP contribution in [0.5, 0.6) is 0 Å². The Bertz CT molecular complexity index is 380. The highest BCUT2D eigenvalue weighted by atomic mass is 35.5. The van der Waals surface area contributed by atoms with Gasteiger partial charge in [-0.1, -0.05) is 23.7 Å². The second-order valence-electron chi connectivity index (χ2n) is 3.68. The van der Waals surface area contributed by atoms with E-state index in [1.165, 1.54) is 0 Å². The van der Waals surface area contributed by atoms with Crippen LogP contribution in [0.15, 0.2) is 24.3 Å². The molecule has 1 aromatic rings. The summed E-state index contributed by atoms with van der Waals surface area (Å²) < 4.78 is 0. The number of carbonyl (C=O) groups excluding carboxylic acids is 1. The Morgan fingerprint density at radius 3 is 2.69 bits per heavy atom. The fourth-order valence-corrected chi connectivity index (χ4v) is 2.16. The van der Waals surface area contributed by atoms with Crippen LogP contribution in [0.2, 0.25) is 5.02 Å². The van der Waals surface area contributed by atoms with Gasteiger partial charge in [-0.15, -0.1) is 11.6 Å². The van der Waals surface area contributed by atoms with Gasteiger partial charge in [0.25, 0.3) is 0 Å². The quantitative estimate of drug-likeness (QED) is 0.842. The molecule has 5 heteroatoms. The highest BCUT2D eigenvalue weighted by Gasteiger charge is 2.29. The van der Waals surface area contributed by atoms with Gasteiger partial charge >= 0.3 is 0 Å². The summed E-state index contributed by atoms with van der Waals surface area (Å²) >= 11 is 11.5. The van der Waals surface area contributed by atoms with Crippen LogP contribution in [-0.4, -0.2) is 29.8 Å². The highest BCUT2D eigenvalue weighted by molar-refractivity contribution is 6.30. The molecule has 1 atom stereocenters. The van der Waals surface area contributed by atoms with Crippen molar-refractivity contribution in [1.82, 2.24) is 10.2 Å². The average Bonchev–Trinajstić information content (AvgIpc) is 2.61. The standard InChI is InChI=1S/C11H12Cl2N2O/c12-5-6-15-7-10(16)14-11(15)8-1-3-9(13)4-2-8/h1-4,11H,5-7H2,(H,14,16). The summed E-state index contributed by atoms with van der Waals surface area (Å²) in [4.78, 5) is 13.4. The number of nitrogens with zero attached hydrogens (tertiary/aromatic N) is 1. The first-order valence-electron chi connectivity index (χ1n) is 5.05. The molecule has 0 saturated carbocycles. The Balaban J connectivity index is 2.18. The van der Waals surface area contributed by atoms with Gasteiger partial charge in [-0.25, -0.2) is 0 Å². The van der Waals surface area contributed by atoms with Crippen LogP contribution < -0.4 is 5.32 Å². The van der Waals surface area contributed by atoms with Crippen molar-refractivity contribution < 1.29 is 4.79 Å². The lowest BCUT2D eigenvalue weighted by atomic mass is 10.1. The molecule has 1 N–H and O–H groups in total. The Morgan fingerprint density at radius 2 is 2.06 bits per heavy atom. The first-order chi connectivity index (χ1) is 7.70. The Kier molecular flexibility index (Phi) is 3.69. The molecule has 1 unspecified atom stereocenters. The molecule has 16 heavy (non-hydrogen) atoms. The van der Waals surface area contributed by atoms with Gasteiger partial charge in [0.2, 0.25) is 5.91 Å². The maximum absolute atomic E-state index is 11.4. The fraction of sp³-hybridized carbons (Fsp3) is 0.364. The first kappa shape index (κ1) is 11.7. The second kappa shape index (κ2) is 5.04. The van der Waals surface area contributed by atoms with Crippen LogP contribution in [0.3, 0.4) is 0 Å². The van der Waals surface area contributed by atoms with Crippen LogP contribution in [0.25, 0.3) is 0 Å². The predicted molar refractivity (Wildman–Crippen MR) is 64.6 cm³/mol. The number of halogens is 2. The Morgan fingerprint density at radius 1 is 1.38 bits per heavy atom. The zero-order valence-corrected chi connectivity index (χ0v) is 10.1. The van der Waals surface area contributed by atoms with Crippen LogP contribution in [-0.2, 0) is 4.79 Å². The van der Waals surface area contributed by atoms with Gasteiger partial charge < -0.3 is 5.32 Å². The van der Waals surface area contributed by atoms with Crippen molar-refractivity contribution in [3.8, 4) is 0 Å².